The zero-order chi connectivity index (χ0) is 23.3. The number of hydrogen-bond donors (Lipinski definition) is 1. The third kappa shape index (κ3) is 4.70. The van der Waals surface area contributed by atoms with Crippen LogP contribution in [0.25, 0.3) is 11.0 Å². The minimum atomic E-state index is -4.64. The maximum atomic E-state index is 13.1. The normalized spacial score (nSPS) is 12.3. The quantitative estimate of drug-likeness (QED) is 0.354. The largest absolute Gasteiger partial charge is 0.456 e. The van der Waals surface area contributed by atoms with Crippen molar-refractivity contribution in [1.82, 2.24) is 9.97 Å². The molecule has 0 aliphatic carbocycles. The number of nitrogens with one attached hydrogen (secondary N) is 1. The lowest BCUT2D eigenvalue weighted by molar-refractivity contribution is -0.141. The van der Waals surface area contributed by atoms with Gasteiger partial charge in [0.1, 0.15) is 16.9 Å². The van der Waals surface area contributed by atoms with E-state index >= 15 is 0 Å². The third-order valence-electron chi connectivity index (χ3n) is 4.28. The van der Waals surface area contributed by atoms with Gasteiger partial charge in [-0.1, -0.05) is 23.2 Å². The van der Waals surface area contributed by atoms with Crippen LogP contribution >= 0.6 is 23.2 Å². The maximum Gasteiger partial charge on any atom is 0.433 e. The molecule has 0 amide bonds. The van der Waals surface area contributed by atoms with Gasteiger partial charge in [-0.2, -0.15) is 13.2 Å². The van der Waals surface area contributed by atoms with Crippen LogP contribution in [-0.4, -0.2) is 27.3 Å². The van der Waals surface area contributed by atoms with Gasteiger partial charge in [0.05, 0.1) is 26.9 Å². The number of ether oxygens (including phenoxy) is 1. The molecular weight excluding hydrogens is 456 g/mol. The molecule has 1 N–H and O–H groups in total. The number of pyridine rings is 1. The highest BCUT2D eigenvalue weighted by Crippen LogP contribution is 2.34. The first-order valence-electron chi connectivity index (χ1n) is 9.02. The van der Waals surface area contributed by atoms with Crippen LogP contribution in [0.1, 0.15) is 58.4 Å². The molecule has 0 saturated carbocycles. The summed E-state index contributed by atoms with van der Waals surface area (Å²) < 4.78 is 44.4. The first kappa shape index (κ1) is 23.1. The zero-order valence-electron chi connectivity index (χ0n) is 16.9. The van der Waals surface area contributed by atoms with E-state index in [1.165, 1.54) is 25.1 Å². The molecule has 0 fully saturated rings. The van der Waals surface area contributed by atoms with Crippen LogP contribution in [0, 0.1) is 6.92 Å². The Labute approximate surface area is 185 Å². The van der Waals surface area contributed by atoms with Crippen LogP contribution in [0.4, 0.5) is 13.2 Å². The molecule has 0 saturated heterocycles. The number of halogens is 5. The number of ketones is 1. The van der Waals surface area contributed by atoms with Gasteiger partial charge in [0, 0.05) is 5.39 Å². The number of carbonyl (C=O) groups is 2. The van der Waals surface area contributed by atoms with Gasteiger partial charge in [-0.05, 0) is 57.5 Å². The number of alkyl halides is 3. The molecule has 10 heteroatoms. The second-order valence-electron chi connectivity index (χ2n) is 7.88. The minimum absolute atomic E-state index is 0.0263. The highest BCUT2D eigenvalue weighted by atomic mass is 35.5. The first-order chi connectivity index (χ1) is 14.2. The van der Waals surface area contributed by atoms with Gasteiger partial charge < -0.3 is 9.72 Å². The Balaban J connectivity index is 2.09. The fourth-order valence-electron chi connectivity index (χ4n) is 2.92. The van der Waals surface area contributed by atoms with E-state index in [2.05, 4.69) is 9.97 Å². The Morgan fingerprint density at radius 2 is 1.74 bits per heavy atom. The van der Waals surface area contributed by atoms with Crippen LogP contribution in [0.5, 0.6) is 0 Å². The summed E-state index contributed by atoms with van der Waals surface area (Å²) in [6.07, 6.45) is -4.64. The number of H-pyrrole nitrogens is 1. The molecule has 3 rings (SSSR count). The van der Waals surface area contributed by atoms with Gasteiger partial charge in [0.25, 0.3) is 0 Å². The van der Waals surface area contributed by atoms with Gasteiger partial charge in [-0.25, -0.2) is 9.78 Å². The summed E-state index contributed by atoms with van der Waals surface area (Å²) >= 11 is 12.5. The van der Waals surface area contributed by atoms with Crippen LogP contribution < -0.4 is 0 Å². The van der Waals surface area contributed by atoms with E-state index in [-0.39, 0.29) is 38.1 Å². The summed E-state index contributed by atoms with van der Waals surface area (Å²) in [5, 5.41) is 0.0968. The predicted octanol–water partition coefficient (Wildman–Crippen LogP) is 6.38. The Bertz CT molecular complexity index is 1210. The van der Waals surface area contributed by atoms with Gasteiger partial charge in [0.15, 0.2) is 0 Å². The summed E-state index contributed by atoms with van der Waals surface area (Å²) in [4.78, 5) is 31.7. The number of aromatic amines is 1. The molecule has 0 spiro atoms. The summed E-state index contributed by atoms with van der Waals surface area (Å²) in [6.45, 7) is 6.51. The Kier molecular flexibility index (Phi) is 5.84. The van der Waals surface area contributed by atoms with E-state index in [0.717, 1.165) is 6.07 Å². The van der Waals surface area contributed by atoms with E-state index < -0.39 is 29.2 Å². The number of carbonyl (C=O) groups excluding carboxylic acids is 2. The highest BCUT2D eigenvalue weighted by Gasteiger charge is 2.33. The number of aromatic nitrogens is 2. The van der Waals surface area contributed by atoms with Crippen LogP contribution in [0.15, 0.2) is 24.3 Å². The van der Waals surface area contributed by atoms with Crippen molar-refractivity contribution in [2.45, 2.75) is 39.5 Å². The summed E-state index contributed by atoms with van der Waals surface area (Å²) in [7, 11) is 0. The molecular formula is C21H17Cl2F3N2O3. The third-order valence-corrected chi connectivity index (χ3v) is 4.99. The van der Waals surface area contributed by atoms with Crippen molar-refractivity contribution in [1.29, 1.82) is 0 Å². The van der Waals surface area contributed by atoms with Gasteiger partial charge in [-0.3, -0.25) is 4.79 Å². The molecule has 5 nitrogen and oxygen atoms in total. The van der Waals surface area contributed by atoms with Crippen molar-refractivity contribution in [3.63, 3.8) is 0 Å². The topological polar surface area (TPSA) is 72.0 Å². The molecule has 0 aliphatic rings. The summed E-state index contributed by atoms with van der Waals surface area (Å²) in [5.41, 5.74) is -2.00. The summed E-state index contributed by atoms with van der Waals surface area (Å²) in [6, 6.07) is 4.93. The summed E-state index contributed by atoms with van der Waals surface area (Å²) in [5.74, 6) is -1.45. The number of nitrogens with zero attached hydrogens (tertiary/aromatic N) is 1. The van der Waals surface area contributed by atoms with Crippen LogP contribution in [0.3, 0.4) is 0 Å². The molecule has 0 radical (unpaired) electrons. The van der Waals surface area contributed by atoms with Crippen LogP contribution in [-0.2, 0) is 10.9 Å². The van der Waals surface area contributed by atoms with Crippen molar-refractivity contribution >= 4 is 46.0 Å². The van der Waals surface area contributed by atoms with Gasteiger partial charge in [0.2, 0.25) is 5.78 Å². The van der Waals surface area contributed by atoms with Crippen molar-refractivity contribution < 1.29 is 27.5 Å². The molecule has 3 aromatic rings. The van der Waals surface area contributed by atoms with Crippen molar-refractivity contribution in [3.8, 4) is 0 Å². The first-order valence-corrected chi connectivity index (χ1v) is 9.78. The fourth-order valence-corrected chi connectivity index (χ4v) is 3.54. The average molecular weight is 473 g/mol. The van der Waals surface area contributed by atoms with Gasteiger partial charge in [-0.15, -0.1) is 0 Å². The second kappa shape index (κ2) is 7.84. The molecule has 0 bridgehead atoms. The smallest absolute Gasteiger partial charge is 0.433 e. The lowest BCUT2D eigenvalue weighted by atomic mass is 10.0. The molecule has 2 heterocycles. The van der Waals surface area contributed by atoms with Crippen LogP contribution in [0.2, 0.25) is 10.0 Å². The Morgan fingerprint density at radius 1 is 1.10 bits per heavy atom. The molecule has 164 valence electrons. The lowest BCUT2D eigenvalue weighted by Crippen LogP contribution is -2.24. The number of esters is 1. The van der Waals surface area contributed by atoms with E-state index in [4.69, 9.17) is 27.9 Å². The SMILES string of the molecule is Cc1cc(C(F)(F)F)nc2[nH]c(C(=O)c3c(Cl)ccc(C(=O)OC(C)(C)C)c3Cl)cc12. The minimum Gasteiger partial charge on any atom is -0.456 e. The van der Waals surface area contributed by atoms with Gasteiger partial charge >= 0.3 is 12.1 Å². The van der Waals surface area contributed by atoms with Crippen molar-refractivity contribution in [3.05, 3.63) is 62.4 Å². The second-order valence-corrected chi connectivity index (χ2v) is 8.67. The van der Waals surface area contributed by atoms with Crippen molar-refractivity contribution in [2.75, 3.05) is 0 Å². The number of aryl methyl sites for hydroxylation is 1. The van der Waals surface area contributed by atoms with Crippen molar-refractivity contribution in [2.24, 2.45) is 0 Å². The zero-order valence-corrected chi connectivity index (χ0v) is 18.4. The molecule has 0 atom stereocenters. The Hall–Kier alpha value is -2.58. The molecule has 31 heavy (non-hydrogen) atoms. The molecule has 1 aromatic carbocycles. The number of hydrogen-bond acceptors (Lipinski definition) is 4. The molecule has 2 aromatic heterocycles. The lowest BCUT2D eigenvalue weighted by Gasteiger charge is -2.20. The van der Waals surface area contributed by atoms with E-state index in [9.17, 15) is 22.8 Å². The van der Waals surface area contributed by atoms with E-state index in [1.807, 2.05) is 0 Å². The Morgan fingerprint density at radius 3 is 2.32 bits per heavy atom. The number of benzene rings is 1. The van der Waals surface area contributed by atoms with E-state index in [1.54, 1.807) is 20.8 Å². The van der Waals surface area contributed by atoms with E-state index in [0.29, 0.717) is 5.39 Å². The fraction of sp³-hybridized carbons (Fsp3) is 0.286. The maximum absolute atomic E-state index is 13.1. The average Bonchev–Trinajstić information content (AvgIpc) is 3.04. The highest BCUT2D eigenvalue weighted by molar-refractivity contribution is 6.42. The number of rotatable bonds is 3. The monoisotopic (exact) mass is 472 g/mol. The standard InChI is InChI=1S/C21H17Cl2F3N2O3/c1-9-7-14(21(24,25)26)28-18-11(9)8-13(27-18)17(29)15-12(22)6-5-10(16(15)23)19(30)31-20(2,3)4/h5-8H,1-4H3,(H,27,28). The molecule has 0 unspecified atom stereocenters. The molecule has 0 aliphatic heterocycles. The predicted molar refractivity (Wildman–Crippen MR) is 111 cm³/mol. The number of fused-ring (bicyclic) bond motifs is 1.